The maximum Gasteiger partial charge on any atom is 0.138 e. The zero-order valence-electron chi connectivity index (χ0n) is 18.9. The van der Waals surface area contributed by atoms with Crippen LogP contribution in [0.15, 0.2) is 36.4 Å². The van der Waals surface area contributed by atoms with Gasteiger partial charge in [-0.05, 0) is 66.8 Å². The summed E-state index contributed by atoms with van der Waals surface area (Å²) in [5.41, 5.74) is 3.75. The zero-order valence-corrected chi connectivity index (χ0v) is 19.6. The molecule has 4 rings (SSSR count). The van der Waals surface area contributed by atoms with Crippen molar-refractivity contribution in [3.8, 4) is 5.75 Å². The van der Waals surface area contributed by atoms with Crippen LogP contribution >= 0.6 is 11.6 Å². The molecule has 2 aromatic carbocycles. The Morgan fingerprint density at radius 2 is 1.64 bits per heavy atom. The lowest BCUT2D eigenvalue weighted by Gasteiger charge is -2.40. The van der Waals surface area contributed by atoms with Gasteiger partial charge in [0.1, 0.15) is 36.3 Å². The third-order valence-electron chi connectivity index (χ3n) is 6.78. The van der Waals surface area contributed by atoms with E-state index in [1.807, 2.05) is 6.07 Å². The first-order valence-electron chi connectivity index (χ1n) is 11.8. The van der Waals surface area contributed by atoms with Gasteiger partial charge >= 0.3 is 0 Å². The average molecular weight is 477 g/mol. The van der Waals surface area contributed by atoms with E-state index in [2.05, 4.69) is 31.2 Å². The summed E-state index contributed by atoms with van der Waals surface area (Å²) in [6.07, 6.45) is -0.343. The predicted molar refractivity (Wildman–Crippen MR) is 126 cm³/mol. The molecule has 6 nitrogen and oxygen atoms in total. The third-order valence-corrected chi connectivity index (χ3v) is 7.21. The van der Waals surface area contributed by atoms with E-state index in [0.717, 1.165) is 43.2 Å². The molecule has 7 heteroatoms. The Bertz CT molecular complexity index is 925. The number of aryl methyl sites for hydroxylation is 1. The molecule has 5 atom stereocenters. The standard InChI is InChI=1S/C26H33ClO6/c1-2-15-7-9-16(10-8-15)11-17-12-18(13-20(22(17)27)32-19-5-3-4-6-19)26-25(31)24(30)23(29)21(14-28)33-26/h7-10,12-13,19,21,23-26,28-31H,2-6,11,14H2,1H3/t21-,23-,24+,25-,26+/m1/s1. The van der Waals surface area contributed by atoms with Crippen molar-refractivity contribution in [1.82, 2.24) is 0 Å². The van der Waals surface area contributed by atoms with E-state index in [0.29, 0.717) is 22.8 Å². The molecule has 1 aliphatic carbocycles. The van der Waals surface area contributed by atoms with Crippen LogP contribution in [0.25, 0.3) is 0 Å². The van der Waals surface area contributed by atoms with Crippen LogP contribution in [0, 0.1) is 0 Å². The van der Waals surface area contributed by atoms with Crippen LogP contribution in [0.2, 0.25) is 5.02 Å². The zero-order chi connectivity index (χ0) is 23.5. The number of aliphatic hydroxyl groups excluding tert-OH is 4. The second-order valence-corrected chi connectivity index (χ2v) is 9.49. The van der Waals surface area contributed by atoms with Crippen molar-refractivity contribution in [2.75, 3.05) is 6.61 Å². The molecule has 0 bridgehead atoms. The third kappa shape index (κ3) is 5.37. The Hall–Kier alpha value is -1.67. The van der Waals surface area contributed by atoms with E-state index in [-0.39, 0.29) is 6.10 Å². The van der Waals surface area contributed by atoms with Crippen LogP contribution in [0.5, 0.6) is 5.75 Å². The number of aliphatic hydroxyl groups is 4. The summed E-state index contributed by atoms with van der Waals surface area (Å²) in [5, 5.41) is 41.2. The molecule has 2 aliphatic rings. The molecule has 0 amide bonds. The maximum atomic E-state index is 10.7. The number of ether oxygens (including phenoxy) is 2. The molecule has 2 fully saturated rings. The van der Waals surface area contributed by atoms with E-state index in [1.165, 1.54) is 5.56 Å². The lowest BCUT2D eigenvalue weighted by molar-refractivity contribution is -0.231. The van der Waals surface area contributed by atoms with Gasteiger partial charge in [-0.3, -0.25) is 0 Å². The smallest absolute Gasteiger partial charge is 0.138 e. The van der Waals surface area contributed by atoms with Gasteiger partial charge in [0.2, 0.25) is 0 Å². The van der Waals surface area contributed by atoms with Crippen molar-refractivity contribution in [3.05, 3.63) is 63.7 Å². The maximum absolute atomic E-state index is 10.7. The quantitative estimate of drug-likeness (QED) is 0.489. The highest BCUT2D eigenvalue weighted by atomic mass is 35.5. The fraction of sp³-hybridized carbons (Fsp3) is 0.538. The number of rotatable bonds is 7. The van der Waals surface area contributed by atoms with Gasteiger partial charge in [0.25, 0.3) is 0 Å². The first-order chi connectivity index (χ1) is 15.9. The van der Waals surface area contributed by atoms with Gasteiger partial charge in [-0.1, -0.05) is 48.9 Å². The van der Waals surface area contributed by atoms with Crippen molar-refractivity contribution in [2.45, 2.75) is 82.1 Å². The van der Waals surface area contributed by atoms with Gasteiger partial charge < -0.3 is 29.9 Å². The van der Waals surface area contributed by atoms with Gasteiger partial charge in [-0.25, -0.2) is 0 Å². The molecule has 4 N–H and O–H groups in total. The highest BCUT2D eigenvalue weighted by molar-refractivity contribution is 6.32. The van der Waals surface area contributed by atoms with Gasteiger partial charge in [0.05, 0.1) is 17.7 Å². The Balaban J connectivity index is 1.69. The van der Waals surface area contributed by atoms with Gasteiger partial charge in [0, 0.05) is 0 Å². The largest absolute Gasteiger partial charge is 0.489 e. The topological polar surface area (TPSA) is 99.4 Å². The molecule has 0 spiro atoms. The summed E-state index contributed by atoms with van der Waals surface area (Å²) in [6.45, 7) is 1.64. The lowest BCUT2D eigenvalue weighted by atomic mass is 9.90. The highest BCUT2D eigenvalue weighted by Crippen LogP contribution is 2.40. The van der Waals surface area contributed by atoms with Gasteiger partial charge in [0.15, 0.2) is 0 Å². The number of hydrogen-bond acceptors (Lipinski definition) is 6. The van der Waals surface area contributed by atoms with Crippen LogP contribution in [0.4, 0.5) is 0 Å². The fourth-order valence-electron chi connectivity index (χ4n) is 4.73. The minimum atomic E-state index is -1.44. The number of halogens is 1. The molecule has 180 valence electrons. The number of benzene rings is 2. The summed E-state index contributed by atoms with van der Waals surface area (Å²) in [6, 6.07) is 11.9. The molecular formula is C26H33ClO6. The van der Waals surface area contributed by atoms with Crippen LogP contribution in [0.1, 0.15) is 61.0 Å². The molecule has 0 aromatic heterocycles. The molecule has 0 radical (unpaired) electrons. The molecule has 1 saturated carbocycles. The minimum absolute atomic E-state index is 0.0873. The highest BCUT2D eigenvalue weighted by Gasteiger charge is 2.44. The molecule has 1 saturated heterocycles. The first kappa shape index (κ1) is 24.5. The van der Waals surface area contributed by atoms with Gasteiger partial charge in [-0.15, -0.1) is 0 Å². The molecule has 1 heterocycles. The van der Waals surface area contributed by atoms with E-state index in [4.69, 9.17) is 21.1 Å². The van der Waals surface area contributed by atoms with Crippen LogP contribution < -0.4 is 4.74 Å². The van der Waals surface area contributed by atoms with Crippen molar-refractivity contribution < 1.29 is 29.9 Å². The molecule has 2 aromatic rings. The average Bonchev–Trinajstić information content (AvgIpc) is 3.34. The first-order valence-corrected chi connectivity index (χ1v) is 12.2. The fourth-order valence-corrected chi connectivity index (χ4v) is 4.95. The second-order valence-electron chi connectivity index (χ2n) is 9.11. The van der Waals surface area contributed by atoms with Crippen molar-refractivity contribution >= 4 is 11.6 Å². The Morgan fingerprint density at radius 3 is 2.27 bits per heavy atom. The Labute approximate surface area is 199 Å². The van der Waals surface area contributed by atoms with Crippen LogP contribution in [0.3, 0.4) is 0 Å². The summed E-state index contributed by atoms with van der Waals surface area (Å²) < 4.78 is 12.1. The van der Waals surface area contributed by atoms with E-state index >= 15 is 0 Å². The van der Waals surface area contributed by atoms with E-state index in [9.17, 15) is 20.4 Å². The van der Waals surface area contributed by atoms with Crippen LogP contribution in [-0.2, 0) is 17.6 Å². The summed E-state index contributed by atoms with van der Waals surface area (Å²) in [4.78, 5) is 0. The Morgan fingerprint density at radius 1 is 0.970 bits per heavy atom. The SMILES string of the molecule is CCc1ccc(Cc2cc([C@@H]3O[C@H](CO)[C@@H](O)[C@H](O)[C@H]3O)cc(OC3CCCC3)c2Cl)cc1. The summed E-state index contributed by atoms with van der Waals surface area (Å²) in [7, 11) is 0. The van der Waals surface area contributed by atoms with Crippen molar-refractivity contribution in [3.63, 3.8) is 0 Å². The van der Waals surface area contributed by atoms with Gasteiger partial charge in [-0.2, -0.15) is 0 Å². The second kappa shape index (κ2) is 10.7. The van der Waals surface area contributed by atoms with Crippen LogP contribution in [-0.4, -0.2) is 57.6 Å². The Kier molecular flexibility index (Phi) is 7.95. The van der Waals surface area contributed by atoms with Crippen molar-refractivity contribution in [2.24, 2.45) is 0 Å². The monoisotopic (exact) mass is 476 g/mol. The molecule has 1 aliphatic heterocycles. The lowest BCUT2D eigenvalue weighted by Crippen LogP contribution is -2.55. The summed E-state index contributed by atoms with van der Waals surface area (Å²) in [5.74, 6) is 0.526. The number of hydrogen-bond donors (Lipinski definition) is 4. The minimum Gasteiger partial charge on any atom is -0.489 e. The predicted octanol–water partition coefficient (Wildman–Crippen LogP) is 3.33. The van der Waals surface area contributed by atoms with Crippen molar-refractivity contribution in [1.29, 1.82) is 0 Å². The normalized spacial score (nSPS) is 28.2. The molecular weight excluding hydrogens is 444 g/mol. The van der Waals surface area contributed by atoms with E-state index < -0.39 is 37.1 Å². The molecule has 33 heavy (non-hydrogen) atoms. The summed E-state index contributed by atoms with van der Waals surface area (Å²) >= 11 is 6.79. The van der Waals surface area contributed by atoms with E-state index in [1.54, 1.807) is 6.07 Å². The molecule has 0 unspecified atom stereocenters.